The smallest absolute Gasteiger partial charge is 0.308 e. The third-order valence-corrected chi connectivity index (χ3v) is 9.14. The molecule has 1 saturated heterocycles. The van der Waals surface area contributed by atoms with Crippen LogP contribution >= 0.6 is 23.2 Å². The lowest BCUT2D eigenvalue weighted by Gasteiger charge is -2.39. The van der Waals surface area contributed by atoms with Gasteiger partial charge in [-0.2, -0.15) is 0 Å². The van der Waals surface area contributed by atoms with Crippen molar-refractivity contribution >= 4 is 63.3 Å². The quantitative estimate of drug-likeness (QED) is 0.243. The highest BCUT2D eigenvalue weighted by molar-refractivity contribution is 6.42. The molecule has 0 bridgehead atoms. The molecule has 0 aliphatic carbocycles. The summed E-state index contributed by atoms with van der Waals surface area (Å²) in [5, 5.41) is 0.667. The molecule has 3 amide bonds. The van der Waals surface area contributed by atoms with Gasteiger partial charge in [0.1, 0.15) is 6.54 Å². The van der Waals surface area contributed by atoms with Crippen LogP contribution in [0.3, 0.4) is 0 Å². The molecule has 226 valence electrons. The highest BCUT2D eigenvalue weighted by Crippen LogP contribution is 2.31. The fourth-order valence-electron chi connectivity index (χ4n) is 6.22. The highest BCUT2D eigenvalue weighted by Gasteiger charge is 2.39. The number of hydrogen-bond donors (Lipinski definition) is 0. The normalized spacial score (nSPS) is 15.7. The minimum absolute atomic E-state index is 0.113. The van der Waals surface area contributed by atoms with Crippen molar-refractivity contribution in [3.63, 3.8) is 0 Å². The van der Waals surface area contributed by atoms with Gasteiger partial charge >= 0.3 is 5.69 Å². The number of halogens is 2. The third-order valence-electron chi connectivity index (χ3n) is 8.40. The van der Waals surface area contributed by atoms with Crippen LogP contribution in [-0.4, -0.2) is 68.9 Å². The van der Waals surface area contributed by atoms with Crippen LogP contribution in [-0.2, 0) is 11.3 Å². The van der Waals surface area contributed by atoms with Crippen molar-refractivity contribution in [2.24, 2.45) is 0 Å². The third kappa shape index (κ3) is 5.36. The van der Waals surface area contributed by atoms with E-state index in [1.165, 1.54) is 0 Å². The van der Waals surface area contributed by atoms with Crippen molar-refractivity contribution in [1.82, 2.24) is 18.9 Å². The molecule has 0 atom stereocenters. The van der Waals surface area contributed by atoms with Gasteiger partial charge in [0.2, 0.25) is 5.91 Å². The topological polar surface area (TPSA) is 87.9 Å². The molecule has 11 heteroatoms. The van der Waals surface area contributed by atoms with Crippen molar-refractivity contribution in [2.45, 2.75) is 32.4 Å². The minimum atomic E-state index is -0.480. The molecule has 6 rings (SSSR count). The maximum atomic E-state index is 13.9. The van der Waals surface area contributed by atoms with Crippen molar-refractivity contribution in [3.8, 4) is 0 Å². The zero-order valence-electron chi connectivity index (χ0n) is 24.2. The molecule has 0 saturated carbocycles. The van der Waals surface area contributed by atoms with Gasteiger partial charge in [-0.05, 0) is 62.2 Å². The summed E-state index contributed by atoms with van der Waals surface area (Å²) in [5.41, 5.74) is 3.39. The average Bonchev–Trinajstić information content (AvgIpc) is 3.44. The monoisotopic (exact) mass is 631 g/mol. The Hall–Kier alpha value is -4.18. The number of imidazole rings is 1. The van der Waals surface area contributed by atoms with Gasteiger partial charge in [-0.3, -0.25) is 28.4 Å². The van der Waals surface area contributed by atoms with Crippen molar-refractivity contribution < 1.29 is 14.4 Å². The molecule has 1 aromatic heterocycles. The summed E-state index contributed by atoms with van der Waals surface area (Å²) in [5.74, 6) is -1.34. The molecular formula is C33H31Cl2N5O4. The van der Waals surface area contributed by atoms with Crippen molar-refractivity contribution in [2.75, 3.05) is 31.1 Å². The number of allylic oxidation sites excluding steroid dienone is 1. The number of likely N-dealkylation sites (tertiary alicyclic amines) is 1. The Bertz CT molecular complexity index is 1840. The maximum Gasteiger partial charge on any atom is 0.333 e. The Morgan fingerprint density at radius 3 is 2.09 bits per heavy atom. The number of anilines is 1. The molecule has 2 aliphatic rings. The van der Waals surface area contributed by atoms with Crippen LogP contribution in [0, 0.1) is 0 Å². The number of rotatable bonds is 8. The van der Waals surface area contributed by atoms with E-state index in [0.29, 0.717) is 71.6 Å². The number of carbonyl (C=O) groups excluding carboxylic acids is 3. The molecule has 3 heterocycles. The lowest BCUT2D eigenvalue weighted by molar-refractivity contribution is -0.119. The number of hydrogen-bond acceptors (Lipinski definition) is 5. The second kappa shape index (κ2) is 12.1. The van der Waals surface area contributed by atoms with E-state index in [0.717, 1.165) is 15.9 Å². The largest absolute Gasteiger partial charge is 0.333 e. The van der Waals surface area contributed by atoms with Crippen LogP contribution in [0.2, 0.25) is 10.0 Å². The summed E-state index contributed by atoms with van der Waals surface area (Å²) in [7, 11) is 0. The van der Waals surface area contributed by atoms with Gasteiger partial charge in [0.05, 0.1) is 32.2 Å². The Morgan fingerprint density at radius 1 is 0.864 bits per heavy atom. The first kappa shape index (κ1) is 29.9. The minimum Gasteiger partial charge on any atom is -0.308 e. The molecule has 3 aromatic carbocycles. The first-order chi connectivity index (χ1) is 21.2. The SMILES string of the molecule is C=C(C)n1c(=O)n(CCN2CCC(N(C(=O)CN3C(=O)c4ccccc4C3=O)c3ccc(Cl)c(Cl)c3)CC2)c2ccccc21. The Labute approximate surface area is 264 Å². The predicted octanol–water partition coefficient (Wildman–Crippen LogP) is 5.39. The van der Waals surface area contributed by atoms with Crippen molar-refractivity contribution in [1.29, 1.82) is 0 Å². The number of nitrogens with zero attached hydrogens (tertiary/aromatic N) is 5. The van der Waals surface area contributed by atoms with E-state index in [-0.39, 0.29) is 24.2 Å². The van der Waals surface area contributed by atoms with Gasteiger partial charge in [-0.15, -0.1) is 0 Å². The van der Waals surface area contributed by atoms with Crippen molar-refractivity contribution in [3.05, 3.63) is 105 Å². The Kier molecular flexibility index (Phi) is 8.20. The standard InChI is InChI=1S/C33H31Cl2N5O4/c1-21(2)39-29-10-6-5-9-28(29)37(33(39)44)18-17-36-15-13-22(14-16-36)40(23-11-12-26(34)27(35)19-23)30(41)20-38-31(42)24-7-3-4-8-25(24)32(38)43/h3-12,19,22H,1,13-18,20H2,2H3. The van der Waals surface area contributed by atoms with Crippen LogP contribution in [0.4, 0.5) is 5.69 Å². The lowest BCUT2D eigenvalue weighted by Crippen LogP contribution is -2.51. The van der Waals surface area contributed by atoms with E-state index in [2.05, 4.69) is 11.5 Å². The van der Waals surface area contributed by atoms with Crippen LogP contribution in [0.5, 0.6) is 0 Å². The van der Waals surface area contributed by atoms with Gasteiger partial charge < -0.3 is 9.80 Å². The summed E-state index contributed by atoms with van der Waals surface area (Å²) in [4.78, 5) is 58.1. The van der Waals surface area contributed by atoms with Gasteiger partial charge in [0.25, 0.3) is 11.8 Å². The summed E-state index contributed by atoms with van der Waals surface area (Å²) < 4.78 is 3.42. The maximum absolute atomic E-state index is 13.9. The molecule has 9 nitrogen and oxygen atoms in total. The van der Waals surface area contributed by atoms with Crippen LogP contribution in [0.25, 0.3) is 16.7 Å². The van der Waals surface area contributed by atoms with Gasteiger partial charge in [-0.25, -0.2) is 4.79 Å². The average molecular weight is 633 g/mol. The molecule has 1 fully saturated rings. The molecule has 4 aromatic rings. The second-order valence-electron chi connectivity index (χ2n) is 11.2. The number of para-hydroxylation sites is 2. The second-order valence-corrected chi connectivity index (χ2v) is 12.0. The van der Waals surface area contributed by atoms with E-state index >= 15 is 0 Å². The summed E-state index contributed by atoms with van der Waals surface area (Å²) >= 11 is 12.5. The number of benzene rings is 3. The lowest BCUT2D eigenvalue weighted by atomic mass is 10.0. The van der Waals surface area contributed by atoms with E-state index < -0.39 is 11.8 Å². The number of imide groups is 1. The number of aromatic nitrogens is 2. The number of amides is 3. The number of fused-ring (bicyclic) bond motifs is 2. The molecule has 0 unspecified atom stereocenters. The number of piperidine rings is 1. The predicted molar refractivity (Wildman–Crippen MR) is 172 cm³/mol. The fraction of sp³-hybridized carbons (Fsp3) is 0.273. The van der Waals surface area contributed by atoms with E-state index in [9.17, 15) is 19.2 Å². The van der Waals surface area contributed by atoms with E-state index in [1.54, 1.807) is 56.5 Å². The van der Waals surface area contributed by atoms with Gasteiger partial charge in [-0.1, -0.05) is 54.0 Å². The molecule has 0 spiro atoms. The van der Waals surface area contributed by atoms with E-state index in [1.807, 2.05) is 31.2 Å². The van der Waals surface area contributed by atoms with Crippen LogP contribution in [0.1, 0.15) is 40.5 Å². The Balaban J connectivity index is 1.18. The fourth-order valence-corrected chi connectivity index (χ4v) is 6.52. The van der Waals surface area contributed by atoms with Crippen LogP contribution < -0.4 is 10.6 Å². The first-order valence-corrected chi connectivity index (χ1v) is 15.2. The highest BCUT2D eigenvalue weighted by atomic mass is 35.5. The molecular weight excluding hydrogens is 601 g/mol. The summed E-state index contributed by atoms with van der Waals surface area (Å²) in [6, 6.07) is 19.1. The molecule has 0 N–H and O–H groups in total. The number of carbonyl (C=O) groups is 3. The van der Waals surface area contributed by atoms with Gasteiger partial charge in [0.15, 0.2) is 0 Å². The van der Waals surface area contributed by atoms with E-state index in [4.69, 9.17) is 23.2 Å². The Morgan fingerprint density at radius 2 is 1.48 bits per heavy atom. The van der Waals surface area contributed by atoms with Gasteiger partial charge in [0, 0.05) is 43.6 Å². The molecule has 44 heavy (non-hydrogen) atoms. The first-order valence-electron chi connectivity index (χ1n) is 14.5. The molecule has 0 radical (unpaired) electrons. The molecule has 2 aliphatic heterocycles. The zero-order valence-corrected chi connectivity index (χ0v) is 25.7. The zero-order chi connectivity index (χ0) is 31.1. The van der Waals surface area contributed by atoms with Crippen LogP contribution in [0.15, 0.2) is 78.1 Å². The summed E-state index contributed by atoms with van der Waals surface area (Å²) in [6.07, 6.45) is 1.30. The summed E-state index contributed by atoms with van der Waals surface area (Å²) in [6.45, 7) is 7.96.